The molecule has 0 amide bonds. The van der Waals surface area contributed by atoms with Gasteiger partial charge in [0.2, 0.25) is 10.0 Å². The topological polar surface area (TPSA) is 90.3 Å². The summed E-state index contributed by atoms with van der Waals surface area (Å²) in [6.07, 6.45) is 3.10. The van der Waals surface area contributed by atoms with Crippen LogP contribution in [0.25, 0.3) is 0 Å². The molecule has 36 heavy (non-hydrogen) atoms. The third-order valence-corrected chi connectivity index (χ3v) is 8.38. The minimum absolute atomic E-state index is 0.0789. The summed E-state index contributed by atoms with van der Waals surface area (Å²) >= 11 is 3.31. The molecule has 0 aliphatic carbocycles. The Hall–Kier alpha value is -2.39. The molecule has 0 saturated carbocycles. The fourth-order valence-corrected chi connectivity index (χ4v) is 5.83. The monoisotopic (exact) mass is 577 g/mol. The minimum atomic E-state index is -3.64. The predicted octanol–water partition coefficient (Wildman–Crippen LogP) is 5.49. The van der Waals surface area contributed by atoms with Gasteiger partial charge in [-0.3, -0.25) is 9.10 Å². The third kappa shape index (κ3) is 5.94. The molecule has 0 aromatic heterocycles. The number of hydrogen-bond acceptors (Lipinski definition) is 5. The van der Waals surface area contributed by atoms with Gasteiger partial charge in [-0.1, -0.05) is 64.4 Å². The highest BCUT2D eigenvalue weighted by atomic mass is 79.9. The Bertz CT molecular complexity index is 1240. The highest BCUT2D eigenvalue weighted by Crippen LogP contribution is 2.41. The summed E-state index contributed by atoms with van der Waals surface area (Å²) in [5.41, 5.74) is 1.62. The third-order valence-electron chi connectivity index (χ3n) is 6.82. The molecule has 2 atom stereocenters. The number of carbonyl (C=O) groups is 1. The summed E-state index contributed by atoms with van der Waals surface area (Å²) in [6, 6.07) is 13.4. The standard InChI is InChI=1S/C27H36BrN3O4S/c1-7-11-19-16-31(26(29-28)24(19)18-12-9-8-10-13-18)17-23(32)20-14-21(27(2,3)4)25(33)22(15-20)30(5)36(6,34)35/h8-10,12-15,19,24,33H,7,11,16-17H2,1-6H3/t19-,24+/m0/s1. The molecule has 7 nitrogen and oxygen atoms in total. The number of phenolic OH excluding ortho intramolecular Hbond substituents is 1. The van der Waals surface area contributed by atoms with Gasteiger partial charge < -0.3 is 10.0 Å². The number of anilines is 1. The first-order valence-corrected chi connectivity index (χ1v) is 14.7. The maximum atomic E-state index is 13.6. The normalized spacial score (nSPS) is 19.6. The van der Waals surface area contributed by atoms with Gasteiger partial charge in [0, 0.05) is 30.6 Å². The smallest absolute Gasteiger partial charge is 0.232 e. The molecular weight excluding hydrogens is 542 g/mol. The lowest BCUT2D eigenvalue weighted by Crippen LogP contribution is -2.33. The molecule has 0 unspecified atom stereocenters. The number of aromatic hydroxyl groups is 1. The molecule has 3 rings (SSSR count). The molecule has 0 radical (unpaired) electrons. The van der Waals surface area contributed by atoms with E-state index in [0.717, 1.165) is 29.2 Å². The van der Waals surface area contributed by atoms with Crippen molar-refractivity contribution in [2.45, 2.75) is 51.9 Å². The second-order valence-electron chi connectivity index (χ2n) is 10.6. The Morgan fingerprint density at radius 2 is 1.86 bits per heavy atom. The second-order valence-corrected chi connectivity index (χ2v) is 12.9. The fourth-order valence-electron chi connectivity index (χ4n) is 4.89. The van der Waals surface area contributed by atoms with Gasteiger partial charge >= 0.3 is 0 Å². The van der Waals surface area contributed by atoms with E-state index in [-0.39, 0.29) is 29.7 Å². The Labute approximate surface area is 223 Å². The van der Waals surface area contributed by atoms with Crippen molar-refractivity contribution >= 4 is 43.5 Å². The van der Waals surface area contributed by atoms with Gasteiger partial charge in [-0.2, -0.15) is 4.02 Å². The molecule has 0 bridgehead atoms. The fraction of sp³-hybridized carbons (Fsp3) is 0.481. The van der Waals surface area contributed by atoms with Crippen molar-refractivity contribution in [1.82, 2.24) is 4.90 Å². The second kappa shape index (κ2) is 10.9. The maximum Gasteiger partial charge on any atom is 0.232 e. The van der Waals surface area contributed by atoms with Crippen LogP contribution in [0.5, 0.6) is 5.75 Å². The van der Waals surface area contributed by atoms with E-state index in [1.54, 1.807) is 6.07 Å². The molecule has 2 aromatic rings. The lowest BCUT2D eigenvalue weighted by molar-refractivity contribution is 0.0963. The van der Waals surface area contributed by atoms with Crippen LogP contribution < -0.4 is 4.31 Å². The summed E-state index contributed by atoms with van der Waals surface area (Å²) in [6.45, 7) is 8.70. The number of halogens is 1. The number of ketones is 1. The van der Waals surface area contributed by atoms with Crippen LogP contribution in [0.15, 0.2) is 46.5 Å². The summed E-state index contributed by atoms with van der Waals surface area (Å²) < 4.78 is 30.0. The highest BCUT2D eigenvalue weighted by molar-refractivity contribution is 9.08. The van der Waals surface area contributed by atoms with Crippen LogP contribution in [0, 0.1) is 5.92 Å². The maximum absolute atomic E-state index is 13.6. The van der Waals surface area contributed by atoms with Crippen LogP contribution in [-0.2, 0) is 15.4 Å². The van der Waals surface area contributed by atoms with E-state index in [1.165, 1.54) is 18.7 Å². The van der Waals surface area contributed by atoms with E-state index in [1.807, 2.05) is 43.9 Å². The number of rotatable bonds is 8. The first kappa shape index (κ1) is 28.2. The van der Waals surface area contributed by atoms with Crippen LogP contribution in [0.2, 0.25) is 0 Å². The number of carbonyl (C=O) groups excluding carboxylic acids is 1. The lowest BCUT2D eigenvalue weighted by atomic mass is 9.84. The van der Waals surface area contributed by atoms with E-state index in [0.29, 0.717) is 23.6 Å². The van der Waals surface area contributed by atoms with Crippen molar-refractivity contribution in [2.75, 3.05) is 30.7 Å². The number of phenols is 1. The van der Waals surface area contributed by atoms with E-state index in [9.17, 15) is 18.3 Å². The molecule has 196 valence electrons. The molecule has 0 spiro atoms. The van der Waals surface area contributed by atoms with Crippen LogP contribution >= 0.6 is 16.1 Å². The summed E-state index contributed by atoms with van der Waals surface area (Å²) in [5.74, 6) is 0.911. The molecule has 9 heteroatoms. The number of likely N-dealkylation sites (tertiary alicyclic amines) is 1. The zero-order chi connectivity index (χ0) is 26.8. The van der Waals surface area contributed by atoms with Crippen molar-refractivity contribution in [2.24, 2.45) is 9.94 Å². The van der Waals surface area contributed by atoms with Gasteiger partial charge in [-0.15, -0.1) is 0 Å². The van der Waals surface area contributed by atoms with Gasteiger partial charge in [0.25, 0.3) is 0 Å². The van der Waals surface area contributed by atoms with E-state index in [4.69, 9.17) is 0 Å². The summed E-state index contributed by atoms with van der Waals surface area (Å²) in [7, 11) is -2.27. The van der Waals surface area contributed by atoms with Crippen LogP contribution in [-0.4, -0.2) is 56.4 Å². The Morgan fingerprint density at radius 3 is 2.39 bits per heavy atom. The number of Topliss-reactive ketones (excluding diaryl/α,β-unsaturated/α-hetero) is 1. The van der Waals surface area contributed by atoms with Gasteiger partial charge in [0.05, 0.1) is 34.6 Å². The molecular formula is C27H36BrN3O4S. The molecule has 1 aliphatic heterocycles. The Balaban J connectivity index is 2.01. The van der Waals surface area contributed by atoms with E-state index in [2.05, 4.69) is 39.2 Å². The SMILES string of the molecule is CCC[C@H]1CN(CC(=O)c2cc(N(C)S(C)(=O)=O)c(O)c(C(C)(C)C)c2)C(=NBr)[C@@H]1c1ccccc1. The van der Waals surface area contributed by atoms with Crippen molar-refractivity contribution < 1.29 is 18.3 Å². The Kier molecular flexibility index (Phi) is 8.55. The zero-order valence-corrected chi connectivity index (χ0v) is 24.2. The number of benzene rings is 2. The summed E-state index contributed by atoms with van der Waals surface area (Å²) in [4.78, 5) is 15.6. The zero-order valence-electron chi connectivity index (χ0n) is 21.8. The molecule has 1 N–H and O–H groups in total. The average Bonchev–Trinajstić information content (AvgIpc) is 3.14. The number of nitrogens with zero attached hydrogens (tertiary/aromatic N) is 3. The molecule has 1 fully saturated rings. The number of hydrogen-bond donors (Lipinski definition) is 1. The minimum Gasteiger partial charge on any atom is -0.505 e. The van der Waals surface area contributed by atoms with Crippen LogP contribution in [0.4, 0.5) is 5.69 Å². The quantitative estimate of drug-likeness (QED) is 0.419. The highest BCUT2D eigenvalue weighted by Gasteiger charge is 2.39. The lowest BCUT2D eigenvalue weighted by Gasteiger charge is -2.27. The molecule has 1 aliphatic rings. The van der Waals surface area contributed by atoms with E-state index < -0.39 is 15.4 Å². The van der Waals surface area contributed by atoms with Crippen molar-refractivity contribution in [3.05, 3.63) is 59.2 Å². The predicted molar refractivity (Wildman–Crippen MR) is 150 cm³/mol. The molecule has 2 aromatic carbocycles. The van der Waals surface area contributed by atoms with Crippen LogP contribution in [0.1, 0.15) is 67.9 Å². The molecule has 1 saturated heterocycles. The number of sulfonamides is 1. The van der Waals surface area contributed by atoms with Gasteiger partial charge in [-0.25, -0.2) is 8.42 Å². The van der Waals surface area contributed by atoms with Crippen molar-refractivity contribution in [3.8, 4) is 5.75 Å². The van der Waals surface area contributed by atoms with Crippen LogP contribution in [0.3, 0.4) is 0 Å². The van der Waals surface area contributed by atoms with Crippen molar-refractivity contribution in [3.63, 3.8) is 0 Å². The Morgan fingerprint density at radius 1 is 1.22 bits per heavy atom. The van der Waals surface area contributed by atoms with Crippen molar-refractivity contribution in [1.29, 1.82) is 0 Å². The van der Waals surface area contributed by atoms with E-state index >= 15 is 0 Å². The average molecular weight is 579 g/mol. The summed E-state index contributed by atoms with van der Waals surface area (Å²) in [5, 5.41) is 10.9. The van der Waals surface area contributed by atoms with Gasteiger partial charge in [0.1, 0.15) is 11.6 Å². The number of amidine groups is 1. The van der Waals surface area contributed by atoms with Gasteiger partial charge in [0.15, 0.2) is 5.78 Å². The first-order valence-electron chi connectivity index (χ1n) is 12.1. The van der Waals surface area contributed by atoms with Gasteiger partial charge in [-0.05, 0) is 35.4 Å². The molecule has 1 heterocycles. The first-order chi connectivity index (χ1) is 16.8. The largest absolute Gasteiger partial charge is 0.505 e.